The molecule has 0 amide bonds. The molecule has 18 heavy (non-hydrogen) atoms. The summed E-state index contributed by atoms with van der Waals surface area (Å²) in [6, 6.07) is 0.463. The third kappa shape index (κ3) is 2.46. The monoisotopic (exact) mass is 249 g/mol. The molecule has 1 aromatic rings. The third-order valence-corrected chi connectivity index (χ3v) is 3.77. The van der Waals surface area contributed by atoms with Crippen molar-refractivity contribution in [3.05, 3.63) is 17.5 Å². The molecule has 1 aliphatic rings. The van der Waals surface area contributed by atoms with Crippen LogP contribution in [0.2, 0.25) is 0 Å². The quantitative estimate of drug-likeness (QED) is 0.872. The molecular weight excluding hydrogens is 222 g/mol. The van der Waals surface area contributed by atoms with Crippen LogP contribution in [0.1, 0.15) is 65.3 Å². The molecule has 1 N–H and O–H groups in total. The van der Waals surface area contributed by atoms with Gasteiger partial charge in [-0.2, -0.15) is 5.10 Å². The van der Waals surface area contributed by atoms with Gasteiger partial charge in [0.2, 0.25) is 0 Å². The highest BCUT2D eigenvalue weighted by atomic mass is 15.3. The molecule has 1 atom stereocenters. The number of nitrogens with one attached hydrogen (secondary N) is 1. The predicted molar refractivity (Wildman–Crippen MR) is 75.7 cm³/mol. The van der Waals surface area contributed by atoms with Crippen LogP contribution in [0.15, 0.2) is 6.20 Å². The number of fused-ring (bicyclic) bond motifs is 1. The topological polar surface area (TPSA) is 29.9 Å². The first kappa shape index (κ1) is 13.6. The Morgan fingerprint density at radius 1 is 1.44 bits per heavy atom. The van der Waals surface area contributed by atoms with Crippen LogP contribution in [0.3, 0.4) is 0 Å². The van der Waals surface area contributed by atoms with Crippen molar-refractivity contribution in [1.82, 2.24) is 15.1 Å². The highest BCUT2D eigenvalue weighted by molar-refractivity contribution is 5.28. The third-order valence-electron chi connectivity index (χ3n) is 3.77. The highest BCUT2D eigenvalue weighted by Gasteiger charge is 2.36. The Bertz CT molecular complexity index is 423. The second-order valence-corrected chi connectivity index (χ2v) is 7.28. The molecule has 3 heteroatoms. The van der Waals surface area contributed by atoms with Gasteiger partial charge in [0, 0.05) is 17.3 Å². The van der Waals surface area contributed by atoms with Crippen molar-refractivity contribution in [1.29, 1.82) is 0 Å². The van der Waals surface area contributed by atoms with E-state index in [9.17, 15) is 0 Å². The summed E-state index contributed by atoms with van der Waals surface area (Å²) < 4.78 is 2.22. The molecule has 1 aromatic heterocycles. The molecule has 0 fully saturated rings. The normalized spacial score (nSPS) is 22.9. The average molecular weight is 249 g/mol. The SMILES string of the molecule is CCNC1CC(C)(C)Cc2c1cnn2C(C)(C)C. The maximum Gasteiger partial charge on any atom is 0.0546 e. The Labute approximate surface area is 111 Å². The molecule has 0 bridgehead atoms. The molecule has 0 aliphatic heterocycles. The molecule has 3 nitrogen and oxygen atoms in total. The zero-order valence-corrected chi connectivity index (χ0v) is 12.7. The molecule has 1 unspecified atom stereocenters. The highest BCUT2D eigenvalue weighted by Crippen LogP contribution is 2.41. The van der Waals surface area contributed by atoms with E-state index in [0.717, 1.165) is 13.0 Å². The van der Waals surface area contributed by atoms with Gasteiger partial charge in [-0.25, -0.2) is 0 Å². The van der Waals surface area contributed by atoms with Crippen LogP contribution in [0, 0.1) is 5.41 Å². The first-order valence-corrected chi connectivity index (χ1v) is 7.05. The predicted octanol–water partition coefficient (Wildman–Crippen LogP) is 3.26. The minimum absolute atomic E-state index is 0.0672. The van der Waals surface area contributed by atoms with Gasteiger partial charge in [-0.3, -0.25) is 4.68 Å². The van der Waals surface area contributed by atoms with Gasteiger partial charge in [0.05, 0.1) is 11.7 Å². The van der Waals surface area contributed by atoms with Crippen molar-refractivity contribution in [3.8, 4) is 0 Å². The van der Waals surface area contributed by atoms with E-state index in [1.807, 2.05) is 0 Å². The number of nitrogens with zero attached hydrogens (tertiary/aromatic N) is 2. The van der Waals surface area contributed by atoms with Crippen molar-refractivity contribution in [3.63, 3.8) is 0 Å². The van der Waals surface area contributed by atoms with Crippen molar-refractivity contribution in [2.75, 3.05) is 6.54 Å². The smallest absolute Gasteiger partial charge is 0.0546 e. The fourth-order valence-electron chi connectivity index (χ4n) is 3.05. The standard InChI is InChI=1S/C15H27N3/c1-7-16-12-8-15(5,6)9-13-11(12)10-17-18(13)14(2,3)4/h10,12,16H,7-9H2,1-6H3. The lowest BCUT2D eigenvalue weighted by molar-refractivity contribution is 0.239. The van der Waals surface area contributed by atoms with E-state index >= 15 is 0 Å². The van der Waals surface area contributed by atoms with Gasteiger partial charge in [0.25, 0.3) is 0 Å². The van der Waals surface area contributed by atoms with Crippen LogP contribution in [0.5, 0.6) is 0 Å². The van der Waals surface area contributed by atoms with Gasteiger partial charge in [0.1, 0.15) is 0 Å². The van der Waals surface area contributed by atoms with Gasteiger partial charge in [-0.1, -0.05) is 20.8 Å². The lowest BCUT2D eigenvalue weighted by atomic mass is 9.74. The molecule has 102 valence electrons. The van der Waals surface area contributed by atoms with Gasteiger partial charge >= 0.3 is 0 Å². The van der Waals surface area contributed by atoms with Crippen LogP contribution in [-0.4, -0.2) is 16.3 Å². The Balaban J connectivity index is 2.44. The maximum absolute atomic E-state index is 4.64. The van der Waals surface area contributed by atoms with E-state index in [2.05, 4.69) is 62.8 Å². The van der Waals surface area contributed by atoms with E-state index < -0.39 is 0 Å². The zero-order valence-electron chi connectivity index (χ0n) is 12.7. The maximum atomic E-state index is 4.64. The number of hydrogen-bond acceptors (Lipinski definition) is 2. The van der Waals surface area contributed by atoms with Crippen LogP contribution >= 0.6 is 0 Å². The van der Waals surface area contributed by atoms with E-state index in [1.54, 1.807) is 0 Å². The fraction of sp³-hybridized carbons (Fsp3) is 0.800. The van der Waals surface area contributed by atoms with Gasteiger partial charge in [-0.15, -0.1) is 0 Å². The Kier molecular flexibility index (Phi) is 3.30. The molecule has 1 aliphatic carbocycles. The lowest BCUT2D eigenvalue weighted by Gasteiger charge is -2.37. The summed E-state index contributed by atoms with van der Waals surface area (Å²) in [5.74, 6) is 0. The summed E-state index contributed by atoms with van der Waals surface area (Å²) >= 11 is 0. The van der Waals surface area contributed by atoms with Crippen LogP contribution in [0.4, 0.5) is 0 Å². The fourth-order valence-corrected chi connectivity index (χ4v) is 3.05. The van der Waals surface area contributed by atoms with Crippen molar-refractivity contribution >= 4 is 0 Å². The number of rotatable bonds is 2. The Morgan fingerprint density at radius 2 is 2.11 bits per heavy atom. The van der Waals surface area contributed by atoms with Crippen molar-refractivity contribution in [2.24, 2.45) is 5.41 Å². The molecular formula is C15H27N3. The number of aromatic nitrogens is 2. The average Bonchev–Trinajstić information content (AvgIpc) is 2.58. The van der Waals surface area contributed by atoms with Crippen molar-refractivity contribution < 1.29 is 0 Å². The summed E-state index contributed by atoms with van der Waals surface area (Å²) in [7, 11) is 0. The minimum atomic E-state index is 0.0672. The van der Waals surface area contributed by atoms with E-state index in [4.69, 9.17) is 0 Å². The molecule has 0 saturated carbocycles. The largest absolute Gasteiger partial charge is 0.310 e. The molecule has 0 saturated heterocycles. The first-order valence-electron chi connectivity index (χ1n) is 7.05. The summed E-state index contributed by atoms with van der Waals surface area (Å²) in [6.45, 7) is 14.6. The second-order valence-electron chi connectivity index (χ2n) is 7.28. The molecule has 1 heterocycles. The van der Waals surface area contributed by atoms with Crippen LogP contribution in [-0.2, 0) is 12.0 Å². The zero-order chi connectivity index (χ0) is 13.6. The Morgan fingerprint density at radius 3 is 2.67 bits per heavy atom. The van der Waals surface area contributed by atoms with Gasteiger partial charge in [0.15, 0.2) is 0 Å². The molecule has 0 aromatic carbocycles. The van der Waals surface area contributed by atoms with Crippen molar-refractivity contribution in [2.45, 2.75) is 66.0 Å². The minimum Gasteiger partial charge on any atom is -0.310 e. The van der Waals surface area contributed by atoms with E-state index in [1.165, 1.54) is 17.7 Å². The van der Waals surface area contributed by atoms with Crippen LogP contribution in [0.25, 0.3) is 0 Å². The molecule has 0 spiro atoms. The number of hydrogen-bond donors (Lipinski definition) is 1. The summed E-state index contributed by atoms with van der Waals surface area (Å²) in [6.07, 6.45) is 4.40. The summed E-state index contributed by atoms with van der Waals surface area (Å²) in [4.78, 5) is 0. The summed E-state index contributed by atoms with van der Waals surface area (Å²) in [5.41, 5.74) is 3.25. The van der Waals surface area contributed by atoms with Gasteiger partial charge in [-0.05, 0) is 45.6 Å². The van der Waals surface area contributed by atoms with E-state index in [-0.39, 0.29) is 5.54 Å². The Hall–Kier alpha value is -0.830. The lowest BCUT2D eigenvalue weighted by Crippen LogP contribution is -2.36. The summed E-state index contributed by atoms with van der Waals surface area (Å²) in [5, 5.41) is 8.25. The second kappa shape index (κ2) is 4.37. The molecule has 0 radical (unpaired) electrons. The first-order chi connectivity index (χ1) is 8.24. The molecule has 2 rings (SSSR count). The van der Waals surface area contributed by atoms with Gasteiger partial charge < -0.3 is 5.32 Å². The van der Waals surface area contributed by atoms with Crippen LogP contribution < -0.4 is 5.32 Å². The van der Waals surface area contributed by atoms with E-state index in [0.29, 0.717) is 11.5 Å².